The molecular weight excluding hydrogens is 372 g/mol. The summed E-state index contributed by atoms with van der Waals surface area (Å²) < 4.78 is 10.5. The quantitative estimate of drug-likeness (QED) is 0.482. The van der Waals surface area contributed by atoms with Crippen LogP contribution < -0.4 is 10.1 Å². The lowest BCUT2D eigenvalue weighted by Gasteiger charge is -2.13. The molecule has 1 aromatic carbocycles. The number of hydrogen-bond donors (Lipinski definition) is 2. The molecule has 0 saturated carbocycles. The Morgan fingerprint density at radius 3 is 2.90 bits per heavy atom. The predicted molar refractivity (Wildman–Crippen MR) is 107 cm³/mol. The topological polar surface area (TPSA) is 115 Å². The summed E-state index contributed by atoms with van der Waals surface area (Å²) in [4.78, 5) is 25.2. The van der Waals surface area contributed by atoms with Crippen LogP contribution in [0.1, 0.15) is 17.3 Å². The predicted octanol–water partition coefficient (Wildman–Crippen LogP) is 3.34. The van der Waals surface area contributed by atoms with Gasteiger partial charge in [0.2, 0.25) is 0 Å². The number of carbonyl (C=O) groups excluding carboxylic acids is 1. The first-order chi connectivity index (χ1) is 14.2. The molecule has 0 unspecified atom stereocenters. The van der Waals surface area contributed by atoms with Gasteiger partial charge in [-0.2, -0.15) is 5.10 Å². The lowest BCUT2D eigenvalue weighted by Crippen LogP contribution is -2.09. The minimum absolute atomic E-state index is 0.264. The van der Waals surface area contributed by atoms with Crippen LogP contribution in [0.3, 0.4) is 0 Å². The standard InChI is InChI=1S/C20H18N6O3/c1-3-29-20(27)13-10-21-9-8-14(13)23-18-16(28-2)11-22-19(24-18)17-12-6-4-5-7-15(12)25-26-17/h4-11H,3H2,1-2H3,(H,25,26)(H,21,22,23,24). The average molecular weight is 390 g/mol. The Hall–Kier alpha value is -4.01. The lowest BCUT2D eigenvalue weighted by molar-refractivity contribution is 0.0527. The minimum Gasteiger partial charge on any atom is -0.491 e. The van der Waals surface area contributed by atoms with Crippen LogP contribution in [0.25, 0.3) is 22.4 Å². The van der Waals surface area contributed by atoms with Crippen LogP contribution in [0.2, 0.25) is 0 Å². The Labute approximate surface area is 166 Å². The molecule has 0 amide bonds. The normalized spacial score (nSPS) is 10.7. The molecule has 0 saturated heterocycles. The highest BCUT2D eigenvalue weighted by atomic mass is 16.5. The van der Waals surface area contributed by atoms with Crippen molar-refractivity contribution in [2.75, 3.05) is 19.0 Å². The zero-order valence-corrected chi connectivity index (χ0v) is 15.8. The van der Waals surface area contributed by atoms with Crippen LogP contribution in [0, 0.1) is 0 Å². The summed E-state index contributed by atoms with van der Waals surface area (Å²) in [6, 6.07) is 9.38. The van der Waals surface area contributed by atoms with E-state index in [9.17, 15) is 4.79 Å². The zero-order chi connectivity index (χ0) is 20.2. The highest BCUT2D eigenvalue weighted by Gasteiger charge is 2.17. The van der Waals surface area contributed by atoms with Crippen LogP contribution >= 0.6 is 0 Å². The summed E-state index contributed by atoms with van der Waals surface area (Å²) >= 11 is 0. The minimum atomic E-state index is -0.477. The van der Waals surface area contributed by atoms with Gasteiger partial charge < -0.3 is 14.8 Å². The second-order valence-corrected chi connectivity index (χ2v) is 6.00. The Morgan fingerprint density at radius 1 is 1.21 bits per heavy atom. The molecule has 146 valence electrons. The van der Waals surface area contributed by atoms with Gasteiger partial charge >= 0.3 is 5.97 Å². The molecule has 0 bridgehead atoms. The first-order valence-corrected chi connectivity index (χ1v) is 8.94. The van der Waals surface area contributed by atoms with Gasteiger partial charge in [0.15, 0.2) is 17.4 Å². The molecular formula is C20H18N6O3. The molecule has 4 aromatic rings. The molecule has 0 aliphatic heterocycles. The van der Waals surface area contributed by atoms with Gasteiger partial charge in [-0.25, -0.2) is 14.8 Å². The van der Waals surface area contributed by atoms with Gasteiger partial charge in [0.1, 0.15) is 11.3 Å². The molecule has 0 aliphatic rings. The molecule has 2 N–H and O–H groups in total. The number of nitrogens with zero attached hydrogens (tertiary/aromatic N) is 4. The smallest absolute Gasteiger partial charge is 0.341 e. The van der Waals surface area contributed by atoms with Crippen molar-refractivity contribution in [2.45, 2.75) is 6.92 Å². The summed E-state index contributed by atoms with van der Waals surface area (Å²) in [6.07, 6.45) is 4.57. The SMILES string of the molecule is CCOC(=O)c1cnccc1Nc1nc(-c2n[nH]c3ccccc23)ncc1OC. The van der Waals surface area contributed by atoms with Gasteiger partial charge in [-0.3, -0.25) is 10.1 Å². The van der Waals surface area contributed by atoms with E-state index in [-0.39, 0.29) is 6.61 Å². The third kappa shape index (κ3) is 3.57. The number of pyridine rings is 1. The number of rotatable bonds is 6. The molecule has 0 radical (unpaired) electrons. The number of nitrogens with one attached hydrogen (secondary N) is 2. The maximum Gasteiger partial charge on any atom is 0.341 e. The van der Waals surface area contributed by atoms with E-state index in [1.807, 2.05) is 24.3 Å². The number of benzene rings is 1. The molecule has 4 rings (SSSR count). The van der Waals surface area contributed by atoms with Crippen molar-refractivity contribution in [3.63, 3.8) is 0 Å². The number of fused-ring (bicyclic) bond motifs is 1. The summed E-state index contributed by atoms with van der Waals surface area (Å²) in [7, 11) is 1.52. The molecule has 0 aliphatic carbocycles. The number of esters is 1. The third-order valence-electron chi connectivity index (χ3n) is 4.23. The van der Waals surface area contributed by atoms with Gasteiger partial charge in [-0.1, -0.05) is 18.2 Å². The first kappa shape index (κ1) is 18.4. The molecule has 0 spiro atoms. The second-order valence-electron chi connectivity index (χ2n) is 6.00. The summed E-state index contributed by atoms with van der Waals surface area (Å²) in [5.41, 5.74) is 2.29. The maximum atomic E-state index is 12.2. The van der Waals surface area contributed by atoms with E-state index in [2.05, 4.69) is 30.5 Å². The molecule has 3 aromatic heterocycles. The largest absolute Gasteiger partial charge is 0.491 e. The monoisotopic (exact) mass is 390 g/mol. The number of anilines is 2. The van der Waals surface area contributed by atoms with Crippen LogP contribution in [-0.4, -0.2) is 44.8 Å². The fourth-order valence-electron chi connectivity index (χ4n) is 2.86. The Balaban J connectivity index is 1.75. The van der Waals surface area contributed by atoms with E-state index < -0.39 is 5.97 Å². The van der Waals surface area contributed by atoms with E-state index in [1.165, 1.54) is 13.3 Å². The summed E-state index contributed by atoms with van der Waals surface area (Å²) in [5, 5.41) is 11.3. The van der Waals surface area contributed by atoms with Crippen molar-refractivity contribution in [1.82, 2.24) is 25.1 Å². The molecule has 9 nitrogen and oxygen atoms in total. The maximum absolute atomic E-state index is 12.2. The van der Waals surface area contributed by atoms with E-state index in [0.29, 0.717) is 34.3 Å². The van der Waals surface area contributed by atoms with Gasteiger partial charge in [-0.15, -0.1) is 0 Å². The van der Waals surface area contributed by atoms with Gasteiger partial charge in [0.25, 0.3) is 0 Å². The van der Waals surface area contributed by atoms with E-state index in [0.717, 1.165) is 10.9 Å². The molecule has 29 heavy (non-hydrogen) atoms. The number of ether oxygens (including phenoxy) is 2. The Morgan fingerprint density at radius 2 is 2.07 bits per heavy atom. The fourth-order valence-corrected chi connectivity index (χ4v) is 2.86. The number of H-pyrrole nitrogens is 1. The Kier molecular flexibility index (Phi) is 5.02. The molecule has 0 atom stereocenters. The first-order valence-electron chi connectivity index (χ1n) is 8.94. The van der Waals surface area contributed by atoms with Crippen molar-refractivity contribution in [2.24, 2.45) is 0 Å². The van der Waals surface area contributed by atoms with Crippen molar-refractivity contribution < 1.29 is 14.3 Å². The fraction of sp³-hybridized carbons (Fsp3) is 0.150. The number of aromatic amines is 1. The van der Waals surface area contributed by atoms with Gasteiger partial charge in [0, 0.05) is 17.8 Å². The molecule has 0 fully saturated rings. The second kappa shape index (κ2) is 7.93. The Bertz CT molecular complexity index is 1170. The van der Waals surface area contributed by atoms with E-state index in [1.54, 1.807) is 25.4 Å². The van der Waals surface area contributed by atoms with Gasteiger partial charge in [-0.05, 0) is 19.1 Å². The number of para-hydroxylation sites is 1. The highest BCUT2D eigenvalue weighted by Crippen LogP contribution is 2.30. The van der Waals surface area contributed by atoms with Crippen LogP contribution in [0.4, 0.5) is 11.5 Å². The molecule has 3 heterocycles. The zero-order valence-electron chi connectivity index (χ0n) is 15.8. The highest BCUT2D eigenvalue weighted by molar-refractivity contribution is 5.96. The number of hydrogen-bond acceptors (Lipinski definition) is 8. The third-order valence-corrected chi connectivity index (χ3v) is 4.23. The number of methoxy groups -OCH3 is 1. The van der Waals surface area contributed by atoms with Crippen LogP contribution in [0.5, 0.6) is 5.75 Å². The van der Waals surface area contributed by atoms with Gasteiger partial charge in [0.05, 0.1) is 31.1 Å². The summed E-state index contributed by atoms with van der Waals surface area (Å²) in [5.74, 6) is 0.744. The van der Waals surface area contributed by atoms with Crippen molar-refractivity contribution >= 4 is 28.4 Å². The lowest BCUT2D eigenvalue weighted by atomic mass is 10.2. The van der Waals surface area contributed by atoms with Crippen LogP contribution in [-0.2, 0) is 4.74 Å². The van der Waals surface area contributed by atoms with E-state index >= 15 is 0 Å². The number of aromatic nitrogens is 5. The van der Waals surface area contributed by atoms with E-state index in [4.69, 9.17) is 9.47 Å². The van der Waals surface area contributed by atoms with Crippen molar-refractivity contribution in [3.8, 4) is 17.3 Å². The summed E-state index contributed by atoms with van der Waals surface area (Å²) in [6.45, 7) is 2.01. The van der Waals surface area contributed by atoms with Crippen molar-refractivity contribution in [1.29, 1.82) is 0 Å². The van der Waals surface area contributed by atoms with Crippen molar-refractivity contribution in [3.05, 3.63) is 54.5 Å². The van der Waals surface area contributed by atoms with Crippen LogP contribution in [0.15, 0.2) is 48.9 Å². The molecule has 9 heteroatoms. The number of carbonyl (C=O) groups is 1. The average Bonchev–Trinajstić information content (AvgIpc) is 3.18.